The molecule has 3 aromatic rings. The average molecular weight is 492 g/mol. The van der Waals surface area contributed by atoms with Crippen LogP contribution in [0.1, 0.15) is 28.2 Å². The monoisotopic (exact) mass is 491 g/mol. The topological polar surface area (TPSA) is 78.9 Å². The molecule has 0 saturated carbocycles. The summed E-state index contributed by atoms with van der Waals surface area (Å²) in [5.41, 5.74) is 2.70. The van der Waals surface area contributed by atoms with Crippen molar-refractivity contribution in [2.75, 3.05) is 44.7 Å². The third-order valence-corrected chi connectivity index (χ3v) is 6.23. The van der Waals surface area contributed by atoms with E-state index in [9.17, 15) is 14.0 Å². The van der Waals surface area contributed by atoms with E-state index < -0.39 is 0 Å². The van der Waals surface area contributed by atoms with Gasteiger partial charge < -0.3 is 19.4 Å². The van der Waals surface area contributed by atoms with Crippen LogP contribution in [0.3, 0.4) is 0 Å². The molecule has 1 saturated heterocycles. The predicted octanol–water partition coefficient (Wildman–Crippen LogP) is 3.31. The second-order valence-corrected chi connectivity index (χ2v) is 8.69. The fourth-order valence-electron chi connectivity index (χ4n) is 4.20. The summed E-state index contributed by atoms with van der Waals surface area (Å²) in [7, 11) is 1.65. The summed E-state index contributed by atoms with van der Waals surface area (Å²) in [6, 6.07) is 13.8. The molecule has 1 aliphatic heterocycles. The zero-order chi connectivity index (χ0) is 25.5. The van der Waals surface area contributed by atoms with Crippen LogP contribution < -0.4 is 9.64 Å². The van der Waals surface area contributed by atoms with E-state index in [2.05, 4.69) is 14.9 Å². The Hall–Kier alpha value is -4.01. The zero-order valence-corrected chi connectivity index (χ0v) is 20.6. The van der Waals surface area contributed by atoms with Gasteiger partial charge in [-0.05, 0) is 36.8 Å². The van der Waals surface area contributed by atoms with Crippen LogP contribution in [0.5, 0.6) is 5.75 Å². The van der Waals surface area contributed by atoms with Crippen LogP contribution in [0, 0.1) is 12.7 Å². The van der Waals surface area contributed by atoms with E-state index in [1.54, 1.807) is 31.1 Å². The summed E-state index contributed by atoms with van der Waals surface area (Å²) in [6.07, 6.45) is 3.16. The maximum Gasteiger partial charge on any atom is 0.274 e. The van der Waals surface area contributed by atoms with Gasteiger partial charge in [0.05, 0.1) is 24.7 Å². The second-order valence-electron chi connectivity index (χ2n) is 8.69. The lowest BCUT2D eigenvalue weighted by molar-refractivity contribution is -0.131. The third-order valence-electron chi connectivity index (χ3n) is 6.23. The lowest BCUT2D eigenvalue weighted by Gasteiger charge is -2.37. The van der Waals surface area contributed by atoms with E-state index in [0.717, 1.165) is 17.0 Å². The number of nitrogens with zero attached hydrogens (tertiary/aromatic N) is 5. The number of carbonyl (C=O) groups excluding carboxylic acids is 2. The number of aromatic nitrogens is 2. The van der Waals surface area contributed by atoms with Gasteiger partial charge in [-0.1, -0.05) is 24.3 Å². The predicted molar refractivity (Wildman–Crippen MR) is 134 cm³/mol. The number of carbonyl (C=O) groups is 2. The van der Waals surface area contributed by atoms with E-state index >= 15 is 0 Å². The van der Waals surface area contributed by atoms with Crippen LogP contribution in [-0.4, -0.2) is 71.4 Å². The summed E-state index contributed by atoms with van der Waals surface area (Å²) in [5.74, 6) is 0.136. The number of methoxy groups -OCH3 is 1. The van der Waals surface area contributed by atoms with Crippen molar-refractivity contribution in [2.24, 2.45) is 0 Å². The average Bonchev–Trinajstić information content (AvgIpc) is 2.92. The van der Waals surface area contributed by atoms with Crippen molar-refractivity contribution in [3.63, 3.8) is 0 Å². The number of benzene rings is 2. The van der Waals surface area contributed by atoms with Crippen molar-refractivity contribution in [1.82, 2.24) is 19.8 Å². The van der Waals surface area contributed by atoms with Gasteiger partial charge >= 0.3 is 0 Å². The maximum absolute atomic E-state index is 13.4. The largest absolute Gasteiger partial charge is 0.495 e. The number of hydrogen-bond donors (Lipinski definition) is 0. The first-order valence-electron chi connectivity index (χ1n) is 11.9. The van der Waals surface area contributed by atoms with E-state index in [1.165, 1.54) is 24.5 Å². The normalized spacial score (nSPS) is 13.4. The van der Waals surface area contributed by atoms with Gasteiger partial charge in [0.1, 0.15) is 17.3 Å². The Morgan fingerprint density at radius 3 is 2.39 bits per heavy atom. The zero-order valence-electron chi connectivity index (χ0n) is 20.6. The molecule has 0 bridgehead atoms. The molecule has 36 heavy (non-hydrogen) atoms. The van der Waals surface area contributed by atoms with Gasteiger partial charge in [0.2, 0.25) is 5.91 Å². The van der Waals surface area contributed by atoms with Crippen LogP contribution >= 0.6 is 0 Å². The van der Waals surface area contributed by atoms with Crippen molar-refractivity contribution in [3.8, 4) is 5.75 Å². The molecule has 8 nitrogen and oxygen atoms in total. The van der Waals surface area contributed by atoms with Crippen LogP contribution in [0.25, 0.3) is 0 Å². The van der Waals surface area contributed by atoms with Crippen molar-refractivity contribution in [3.05, 3.63) is 83.7 Å². The highest BCUT2D eigenvalue weighted by molar-refractivity contribution is 5.92. The van der Waals surface area contributed by atoms with Gasteiger partial charge in [-0.3, -0.25) is 14.6 Å². The third kappa shape index (κ3) is 6.16. The van der Waals surface area contributed by atoms with Crippen molar-refractivity contribution >= 4 is 17.5 Å². The Morgan fingerprint density at radius 1 is 1.00 bits per heavy atom. The molecule has 4 rings (SSSR count). The van der Waals surface area contributed by atoms with E-state index in [1.807, 2.05) is 29.2 Å². The van der Waals surface area contributed by atoms with Crippen LogP contribution in [-0.2, 0) is 11.3 Å². The van der Waals surface area contributed by atoms with Gasteiger partial charge in [-0.15, -0.1) is 0 Å². The minimum Gasteiger partial charge on any atom is -0.495 e. The first-order chi connectivity index (χ1) is 17.4. The molecule has 9 heteroatoms. The Kier molecular flexibility index (Phi) is 8.10. The van der Waals surface area contributed by atoms with Gasteiger partial charge in [0.25, 0.3) is 5.91 Å². The number of piperazine rings is 1. The number of ether oxygens (including phenoxy) is 1. The summed E-state index contributed by atoms with van der Waals surface area (Å²) in [4.78, 5) is 40.2. The van der Waals surface area contributed by atoms with Crippen LogP contribution in [0.15, 0.2) is 60.9 Å². The number of hydrogen-bond acceptors (Lipinski definition) is 6. The molecule has 0 N–H and O–H groups in total. The number of amides is 2. The van der Waals surface area contributed by atoms with Gasteiger partial charge in [0.15, 0.2) is 0 Å². The van der Waals surface area contributed by atoms with E-state index in [0.29, 0.717) is 31.9 Å². The highest BCUT2D eigenvalue weighted by Gasteiger charge is 2.25. The molecule has 0 unspecified atom stereocenters. The number of anilines is 1. The quantitative estimate of drug-likeness (QED) is 0.481. The number of rotatable bonds is 8. The molecule has 2 aromatic carbocycles. The summed E-state index contributed by atoms with van der Waals surface area (Å²) in [5, 5.41) is 0. The number of aryl methyl sites for hydroxylation is 1. The lowest BCUT2D eigenvalue weighted by atomic mass is 10.2. The molecule has 0 aliphatic carbocycles. The van der Waals surface area contributed by atoms with Crippen molar-refractivity contribution in [1.29, 1.82) is 0 Å². The van der Waals surface area contributed by atoms with Gasteiger partial charge in [0, 0.05) is 51.9 Å². The molecule has 0 radical (unpaired) electrons. The molecule has 2 heterocycles. The fourth-order valence-corrected chi connectivity index (χ4v) is 4.20. The summed E-state index contributed by atoms with van der Waals surface area (Å²) < 4.78 is 18.8. The highest BCUT2D eigenvalue weighted by atomic mass is 19.1. The summed E-state index contributed by atoms with van der Waals surface area (Å²) in [6.45, 7) is 4.83. The Bertz CT molecular complexity index is 1180. The smallest absolute Gasteiger partial charge is 0.274 e. The fraction of sp³-hybridized carbons (Fsp3) is 0.333. The maximum atomic E-state index is 13.4. The van der Waals surface area contributed by atoms with Crippen molar-refractivity contribution in [2.45, 2.75) is 19.9 Å². The Balaban J connectivity index is 1.39. The van der Waals surface area contributed by atoms with E-state index in [-0.39, 0.29) is 42.8 Å². The second kappa shape index (κ2) is 11.6. The van der Waals surface area contributed by atoms with Crippen molar-refractivity contribution < 1.29 is 18.7 Å². The first kappa shape index (κ1) is 25.1. The Morgan fingerprint density at radius 2 is 1.72 bits per heavy atom. The number of para-hydroxylation sites is 2. The number of halogens is 1. The molecular weight excluding hydrogens is 461 g/mol. The minimum absolute atomic E-state index is 0.0124. The van der Waals surface area contributed by atoms with Gasteiger partial charge in [-0.2, -0.15) is 0 Å². The first-order valence-corrected chi connectivity index (χ1v) is 11.9. The molecule has 188 valence electrons. The molecule has 1 aromatic heterocycles. The molecule has 1 fully saturated rings. The van der Waals surface area contributed by atoms with Crippen LogP contribution in [0.2, 0.25) is 0 Å². The SMILES string of the molecule is COc1ccccc1N1CCN(C(=O)CCN(Cc2ccc(F)cc2)C(=O)c2cnc(C)cn2)CC1. The molecule has 2 amide bonds. The lowest BCUT2D eigenvalue weighted by Crippen LogP contribution is -2.49. The molecular formula is C27H30FN5O3. The molecule has 0 atom stereocenters. The standard InChI is InChI=1S/C27H30FN5O3/c1-20-17-30-23(18-29-20)27(35)33(19-21-7-9-22(28)10-8-21)12-11-26(34)32-15-13-31(14-16-32)24-5-3-4-6-25(24)36-2/h3-10,17-18H,11-16,19H2,1-2H3. The molecule has 0 spiro atoms. The minimum atomic E-state index is -0.344. The Labute approximate surface area is 210 Å². The summed E-state index contributed by atoms with van der Waals surface area (Å²) >= 11 is 0. The van der Waals surface area contributed by atoms with Gasteiger partial charge in [-0.25, -0.2) is 9.37 Å². The van der Waals surface area contributed by atoms with E-state index in [4.69, 9.17) is 4.74 Å². The van der Waals surface area contributed by atoms with Crippen LogP contribution in [0.4, 0.5) is 10.1 Å². The highest BCUT2D eigenvalue weighted by Crippen LogP contribution is 2.28. The molecule has 1 aliphatic rings.